The predicted octanol–water partition coefficient (Wildman–Crippen LogP) is 7.40. The van der Waals surface area contributed by atoms with Crippen LogP contribution in [0.1, 0.15) is 24.5 Å². The summed E-state index contributed by atoms with van der Waals surface area (Å²) in [6, 6.07) is 14.0. The topological polar surface area (TPSA) is 79.8 Å². The highest BCUT2D eigenvalue weighted by molar-refractivity contribution is 9.10. The molecule has 0 amide bonds. The molecule has 12 heteroatoms. The van der Waals surface area contributed by atoms with Gasteiger partial charge in [0.15, 0.2) is 23.0 Å². The first-order valence-corrected chi connectivity index (χ1v) is 15.8. The Bertz CT molecular complexity index is 1530. The number of hydrogen-bond acceptors (Lipinski definition) is 10. The summed E-state index contributed by atoms with van der Waals surface area (Å²) in [7, 11) is 5.49. The first kappa shape index (κ1) is 30.4. The molecule has 220 valence electrons. The van der Waals surface area contributed by atoms with Crippen LogP contribution in [0.5, 0.6) is 17.2 Å². The number of carbonyl (C=O) groups is 1. The van der Waals surface area contributed by atoms with Gasteiger partial charge in [0.1, 0.15) is 23.5 Å². The maximum absolute atomic E-state index is 13.7. The van der Waals surface area contributed by atoms with Crippen molar-refractivity contribution in [1.29, 1.82) is 0 Å². The Balaban J connectivity index is 1.34. The lowest BCUT2D eigenvalue weighted by Gasteiger charge is -2.37. The van der Waals surface area contributed by atoms with Crippen molar-refractivity contribution in [2.24, 2.45) is 0 Å². The monoisotopic (exact) mass is 671 g/mol. The second kappa shape index (κ2) is 14.0. The highest BCUT2D eigenvalue weighted by Gasteiger charge is 2.28. The van der Waals surface area contributed by atoms with Crippen LogP contribution in [0.3, 0.4) is 0 Å². The van der Waals surface area contributed by atoms with E-state index < -0.39 is 0 Å². The van der Waals surface area contributed by atoms with Crippen molar-refractivity contribution in [3.8, 4) is 17.2 Å². The first-order valence-electron chi connectivity index (χ1n) is 13.4. The number of pyridine rings is 1. The zero-order chi connectivity index (χ0) is 29.6. The zero-order valence-corrected chi connectivity index (χ0v) is 26.6. The van der Waals surface area contributed by atoms with Gasteiger partial charge in [-0.1, -0.05) is 17.8 Å². The minimum atomic E-state index is -0.363. The number of nitrogens with zero attached hydrogens (tertiary/aromatic N) is 4. The average molecular weight is 673 g/mol. The van der Waals surface area contributed by atoms with Crippen LogP contribution in [-0.4, -0.2) is 66.5 Å². The van der Waals surface area contributed by atoms with Gasteiger partial charge in [-0.25, -0.2) is 14.4 Å². The normalized spacial score (nSPS) is 15.0. The van der Waals surface area contributed by atoms with E-state index in [1.54, 1.807) is 19.4 Å². The smallest absolute Gasteiger partial charge is 0.188 e. The molecule has 1 aliphatic rings. The minimum absolute atomic E-state index is 0.200. The molecule has 5 rings (SSSR count). The highest BCUT2D eigenvalue weighted by Crippen LogP contribution is 2.40. The van der Waals surface area contributed by atoms with E-state index in [1.165, 1.54) is 35.2 Å². The molecule has 1 fully saturated rings. The molecule has 1 atom stereocenters. The number of nitrogens with one attached hydrogen (secondary N) is 1. The van der Waals surface area contributed by atoms with E-state index >= 15 is 0 Å². The second-order valence-corrected chi connectivity index (χ2v) is 12.9. The molecule has 0 radical (unpaired) electrons. The van der Waals surface area contributed by atoms with Crippen LogP contribution in [0.2, 0.25) is 0 Å². The van der Waals surface area contributed by atoms with Crippen molar-refractivity contribution in [2.75, 3.05) is 39.6 Å². The molecule has 2 aromatic carbocycles. The van der Waals surface area contributed by atoms with Crippen LogP contribution in [0.15, 0.2) is 74.4 Å². The predicted molar refractivity (Wildman–Crippen MR) is 168 cm³/mol. The van der Waals surface area contributed by atoms with Gasteiger partial charge in [0.25, 0.3) is 0 Å². The standard InChI is InChI=1S/C30H31BrFN5O3S2/c1-36(2)28(17-38)37-11-9-19(10-12-37)25-18-41-30(34-25)35-29-27(40-26-8-7-20(32)13-24(26)31)15-23(16-33-29)42-22-6-4-5-21(14-22)39-3/h4-8,13-19,28H,9-12H2,1-3H3,(H,33,34,35). The number of halogens is 2. The second-order valence-electron chi connectivity index (χ2n) is 10.0. The molecule has 0 bridgehead atoms. The number of carbonyl (C=O) groups excluding carboxylic acids is 1. The third-order valence-electron chi connectivity index (χ3n) is 6.94. The zero-order valence-electron chi connectivity index (χ0n) is 23.4. The van der Waals surface area contributed by atoms with Crippen molar-refractivity contribution in [3.63, 3.8) is 0 Å². The van der Waals surface area contributed by atoms with Crippen LogP contribution in [0.25, 0.3) is 0 Å². The molecule has 3 heterocycles. The number of likely N-dealkylation sites (N-methyl/N-ethyl adjacent to an activating group) is 1. The molecule has 1 saturated heterocycles. The van der Waals surface area contributed by atoms with E-state index in [0.29, 0.717) is 32.8 Å². The van der Waals surface area contributed by atoms with E-state index in [4.69, 9.17) is 14.5 Å². The van der Waals surface area contributed by atoms with Gasteiger partial charge in [0, 0.05) is 46.4 Å². The van der Waals surface area contributed by atoms with E-state index in [-0.39, 0.29) is 12.0 Å². The fourth-order valence-electron chi connectivity index (χ4n) is 4.76. The maximum atomic E-state index is 13.7. The van der Waals surface area contributed by atoms with Crippen molar-refractivity contribution in [1.82, 2.24) is 19.8 Å². The van der Waals surface area contributed by atoms with Crippen molar-refractivity contribution >= 4 is 56.3 Å². The Morgan fingerprint density at radius 2 is 1.98 bits per heavy atom. The number of benzene rings is 2. The maximum Gasteiger partial charge on any atom is 0.188 e. The van der Waals surface area contributed by atoms with E-state index in [1.807, 2.05) is 49.3 Å². The lowest BCUT2D eigenvalue weighted by Crippen LogP contribution is -2.49. The van der Waals surface area contributed by atoms with Gasteiger partial charge in [-0.05, 0) is 79.3 Å². The summed E-state index contributed by atoms with van der Waals surface area (Å²) in [5.41, 5.74) is 1.03. The summed E-state index contributed by atoms with van der Waals surface area (Å²) < 4.78 is 25.8. The molecule has 1 N–H and O–H groups in total. The largest absolute Gasteiger partial charge is 0.497 e. The lowest BCUT2D eigenvalue weighted by molar-refractivity contribution is -0.118. The number of aldehydes is 1. The summed E-state index contributed by atoms with van der Waals surface area (Å²) in [5.74, 6) is 2.16. The first-order chi connectivity index (χ1) is 20.3. The number of hydrogen-bond donors (Lipinski definition) is 1. The van der Waals surface area contributed by atoms with Crippen LogP contribution in [-0.2, 0) is 4.79 Å². The summed E-state index contributed by atoms with van der Waals surface area (Å²) in [4.78, 5) is 27.1. The van der Waals surface area contributed by atoms with Gasteiger partial charge in [-0.2, -0.15) is 0 Å². The molecule has 1 aliphatic heterocycles. The van der Waals surface area contributed by atoms with E-state index in [9.17, 15) is 9.18 Å². The third kappa shape index (κ3) is 7.48. The number of likely N-dealkylation sites (tertiary alicyclic amines) is 1. The number of thiazole rings is 1. The Kier molecular flexibility index (Phi) is 10.1. The number of ether oxygens (including phenoxy) is 2. The molecular weight excluding hydrogens is 641 g/mol. The summed E-state index contributed by atoms with van der Waals surface area (Å²) in [6.45, 7) is 1.68. The number of rotatable bonds is 11. The molecule has 0 aliphatic carbocycles. The Labute approximate surface area is 261 Å². The molecular formula is C30H31BrFN5O3S2. The number of methoxy groups -OCH3 is 1. The fraction of sp³-hybridized carbons (Fsp3) is 0.300. The molecule has 0 spiro atoms. The number of anilines is 2. The average Bonchev–Trinajstić information content (AvgIpc) is 3.45. The fourth-order valence-corrected chi connectivity index (χ4v) is 6.85. The van der Waals surface area contributed by atoms with Crippen molar-refractivity contribution in [3.05, 3.63) is 76.1 Å². The Morgan fingerprint density at radius 3 is 2.69 bits per heavy atom. The Hall–Kier alpha value is -3.03. The van der Waals surface area contributed by atoms with Crippen LogP contribution in [0, 0.1) is 5.82 Å². The number of piperidine rings is 1. The van der Waals surface area contributed by atoms with Crippen molar-refractivity contribution in [2.45, 2.75) is 34.7 Å². The summed E-state index contributed by atoms with van der Waals surface area (Å²) in [6.07, 6.45) is 4.44. The number of aromatic nitrogens is 2. The van der Waals surface area contributed by atoms with E-state index in [0.717, 1.165) is 53.5 Å². The minimum Gasteiger partial charge on any atom is -0.497 e. The van der Waals surface area contributed by atoms with Gasteiger partial charge in [-0.15, -0.1) is 11.3 Å². The lowest BCUT2D eigenvalue weighted by atomic mass is 9.94. The van der Waals surface area contributed by atoms with Gasteiger partial charge < -0.3 is 19.6 Å². The van der Waals surface area contributed by atoms with Crippen LogP contribution < -0.4 is 14.8 Å². The molecule has 2 aromatic heterocycles. The third-order valence-corrected chi connectivity index (χ3v) is 9.28. The van der Waals surface area contributed by atoms with Gasteiger partial charge >= 0.3 is 0 Å². The SMILES string of the molecule is COc1cccc(Sc2cnc(Nc3nc(C4CCN(C(C=O)N(C)C)CC4)cs3)c(Oc3ccc(F)cc3Br)c2)c1. The molecule has 0 saturated carbocycles. The molecule has 1 unspecified atom stereocenters. The summed E-state index contributed by atoms with van der Waals surface area (Å²) >= 11 is 6.44. The van der Waals surface area contributed by atoms with E-state index in [2.05, 4.69) is 36.5 Å². The molecule has 8 nitrogen and oxygen atoms in total. The Morgan fingerprint density at radius 1 is 1.17 bits per heavy atom. The van der Waals surface area contributed by atoms with Crippen molar-refractivity contribution < 1.29 is 18.7 Å². The molecule has 42 heavy (non-hydrogen) atoms. The molecule has 4 aromatic rings. The summed E-state index contributed by atoms with van der Waals surface area (Å²) in [5, 5.41) is 6.12. The van der Waals surface area contributed by atoms with Gasteiger partial charge in [-0.3, -0.25) is 9.80 Å². The van der Waals surface area contributed by atoms with Crippen LogP contribution in [0.4, 0.5) is 15.3 Å². The van der Waals surface area contributed by atoms with Gasteiger partial charge in [0.05, 0.1) is 17.3 Å². The van der Waals surface area contributed by atoms with Crippen LogP contribution >= 0.6 is 39.0 Å². The van der Waals surface area contributed by atoms with Gasteiger partial charge in [0.2, 0.25) is 0 Å². The highest BCUT2D eigenvalue weighted by atomic mass is 79.9. The quantitative estimate of drug-likeness (QED) is 0.164.